The Bertz CT molecular complexity index is 798. The quantitative estimate of drug-likeness (QED) is 0.490. The predicted molar refractivity (Wildman–Crippen MR) is 62.9 cm³/mol. The first-order valence-corrected chi connectivity index (χ1v) is 6.98. The van der Waals surface area contributed by atoms with Gasteiger partial charge in [-0.2, -0.15) is 35.6 Å². The Morgan fingerprint density at radius 2 is 1.79 bits per heavy atom. The SMILES string of the molecule is N#Cc1ccc(C(=O)OC(C(F)(F)F)C(F)(F)S(=O)(=O)O)c(F)c1. The monoisotopic (exact) mass is 377 g/mol. The number of nitrogens with zero attached hydrogens (tertiary/aromatic N) is 1. The van der Waals surface area contributed by atoms with Crippen molar-refractivity contribution in [3.63, 3.8) is 0 Å². The average Bonchev–Trinajstić information content (AvgIpc) is 2.41. The van der Waals surface area contributed by atoms with Gasteiger partial charge < -0.3 is 4.74 Å². The van der Waals surface area contributed by atoms with Crippen LogP contribution in [-0.4, -0.2) is 36.5 Å². The third-order valence-electron chi connectivity index (χ3n) is 2.49. The molecule has 1 atom stereocenters. The van der Waals surface area contributed by atoms with E-state index in [0.29, 0.717) is 12.1 Å². The van der Waals surface area contributed by atoms with E-state index in [-0.39, 0.29) is 5.56 Å². The normalized spacial score (nSPS) is 13.9. The molecular formula is C11H5F6NO5S. The number of hydrogen-bond acceptors (Lipinski definition) is 5. The molecule has 0 spiro atoms. The van der Waals surface area contributed by atoms with Gasteiger partial charge in [-0.1, -0.05) is 0 Å². The molecule has 1 unspecified atom stereocenters. The lowest BCUT2D eigenvalue weighted by Crippen LogP contribution is -2.52. The molecule has 0 fully saturated rings. The van der Waals surface area contributed by atoms with Crippen molar-refractivity contribution in [1.29, 1.82) is 5.26 Å². The molecule has 132 valence electrons. The third kappa shape index (κ3) is 3.95. The molecule has 0 radical (unpaired) electrons. The lowest BCUT2D eigenvalue weighted by Gasteiger charge is -2.26. The molecule has 0 aliphatic rings. The van der Waals surface area contributed by atoms with Crippen LogP contribution in [0.5, 0.6) is 0 Å². The van der Waals surface area contributed by atoms with E-state index in [1.54, 1.807) is 0 Å². The van der Waals surface area contributed by atoms with Crippen LogP contribution in [0.1, 0.15) is 15.9 Å². The number of carbonyl (C=O) groups excluding carboxylic acids is 1. The first kappa shape index (κ1) is 19.7. The predicted octanol–water partition coefficient (Wildman–Crippen LogP) is 2.27. The Hall–Kier alpha value is -2.33. The molecule has 6 nitrogen and oxygen atoms in total. The smallest absolute Gasteiger partial charge is 0.432 e. The maximum atomic E-state index is 13.5. The van der Waals surface area contributed by atoms with Crippen LogP contribution in [0.15, 0.2) is 18.2 Å². The van der Waals surface area contributed by atoms with Gasteiger partial charge in [0, 0.05) is 0 Å². The van der Waals surface area contributed by atoms with Crippen molar-refractivity contribution >= 4 is 16.1 Å². The molecule has 1 aromatic rings. The number of carbonyl (C=O) groups is 1. The van der Waals surface area contributed by atoms with Crippen LogP contribution in [0.25, 0.3) is 0 Å². The van der Waals surface area contributed by atoms with Crippen molar-refractivity contribution in [3.8, 4) is 6.07 Å². The minimum Gasteiger partial charge on any atom is -0.441 e. The van der Waals surface area contributed by atoms with Crippen molar-refractivity contribution in [2.75, 3.05) is 0 Å². The minimum atomic E-state index is -6.60. The van der Waals surface area contributed by atoms with Crippen LogP contribution >= 0.6 is 0 Å². The highest BCUT2D eigenvalue weighted by Crippen LogP contribution is 2.38. The molecule has 0 amide bonds. The van der Waals surface area contributed by atoms with Gasteiger partial charge in [0.15, 0.2) is 0 Å². The molecule has 13 heteroatoms. The maximum Gasteiger partial charge on any atom is 0.432 e. The van der Waals surface area contributed by atoms with Crippen molar-refractivity contribution < 1.29 is 48.8 Å². The first-order valence-electron chi connectivity index (χ1n) is 5.54. The topological polar surface area (TPSA) is 104 Å². The van der Waals surface area contributed by atoms with Crippen LogP contribution in [0, 0.1) is 17.1 Å². The summed E-state index contributed by atoms with van der Waals surface area (Å²) in [5.41, 5.74) is -1.59. The fraction of sp³-hybridized carbons (Fsp3) is 0.273. The molecule has 0 aliphatic carbocycles. The molecule has 1 aromatic carbocycles. The van der Waals surface area contributed by atoms with Crippen molar-refractivity contribution in [1.82, 2.24) is 0 Å². The summed E-state index contributed by atoms with van der Waals surface area (Å²) in [6.07, 6.45) is -10.7. The number of nitriles is 1. The van der Waals surface area contributed by atoms with E-state index in [2.05, 4.69) is 4.74 Å². The second-order valence-electron chi connectivity index (χ2n) is 4.17. The Balaban J connectivity index is 3.27. The van der Waals surface area contributed by atoms with Crippen molar-refractivity contribution in [2.45, 2.75) is 17.5 Å². The maximum absolute atomic E-state index is 13.5. The molecule has 0 heterocycles. The first-order chi connectivity index (χ1) is 10.7. The lowest BCUT2D eigenvalue weighted by molar-refractivity contribution is -0.248. The molecule has 1 N–H and O–H groups in total. The fourth-order valence-corrected chi connectivity index (χ4v) is 1.83. The largest absolute Gasteiger partial charge is 0.441 e. The average molecular weight is 377 g/mol. The van der Waals surface area contributed by atoms with E-state index in [4.69, 9.17) is 9.81 Å². The number of benzene rings is 1. The highest BCUT2D eigenvalue weighted by molar-refractivity contribution is 7.86. The van der Waals surface area contributed by atoms with E-state index < -0.39 is 45.0 Å². The number of alkyl halides is 5. The Morgan fingerprint density at radius 3 is 2.17 bits per heavy atom. The van der Waals surface area contributed by atoms with Crippen molar-refractivity contribution in [2.24, 2.45) is 0 Å². The number of rotatable bonds is 4. The molecule has 0 bridgehead atoms. The van der Waals surface area contributed by atoms with Gasteiger partial charge in [-0.15, -0.1) is 0 Å². The Labute approximate surface area is 130 Å². The summed E-state index contributed by atoms with van der Waals surface area (Å²) in [4.78, 5) is 11.4. The molecule has 0 saturated heterocycles. The number of ether oxygens (including phenoxy) is 1. The second-order valence-corrected chi connectivity index (χ2v) is 5.66. The minimum absolute atomic E-state index is 0.334. The summed E-state index contributed by atoms with van der Waals surface area (Å²) in [5.74, 6) is -3.84. The summed E-state index contributed by atoms with van der Waals surface area (Å²) in [6.45, 7) is 0. The lowest BCUT2D eigenvalue weighted by atomic mass is 10.1. The summed E-state index contributed by atoms with van der Waals surface area (Å²) in [5, 5.41) is 2.54. The molecule has 0 aromatic heterocycles. The zero-order valence-electron chi connectivity index (χ0n) is 11.0. The van der Waals surface area contributed by atoms with E-state index in [9.17, 15) is 39.6 Å². The van der Waals surface area contributed by atoms with Gasteiger partial charge in [-0.25, -0.2) is 9.18 Å². The number of hydrogen-bond donors (Lipinski definition) is 1. The molecule has 24 heavy (non-hydrogen) atoms. The fourth-order valence-electron chi connectivity index (χ4n) is 1.38. The summed E-state index contributed by atoms with van der Waals surface area (Å²) < 4.78 is 110. The second kappa shape index (κ2) is 6.29. The zero-order valence-corrected chi connectivity index (χ0v) is 11.8. The zero-order chi connectivity index (χ0) is 18.9. The number of esters is 1. The van der Waals surface area contributed by atoms with E-state index in [1.807, 2.05) is 0 Å². The van der Waals surface area contributed by atoms with E-state index in [1.165, 1.54) is 6.07 Å². The van der Waals surface area contributed by atoms with Crippen LogP contribution in [0.4, 0.5) is 26.3 Å². The molecule has 1 rings (SSSR count). The van der Waals surface area contributed by atoms with Gasteiger partial charge in [-0.3, -0.25) is 4.55 Å². The standard InChI is InChI=1S/C11H5F6NO5S/c12-7-3-5(4-18)1-2-6(7)8(19)23-9(10(13,14)15)11(16,17)24(20,21)22/h1-3,9H,(H,20,21,22). The van der Waals surface area contributed by atoms with Gasteiger partial charge >= 0.3 is 27.5 Å². The van der Waals surface area contributed by atoms with Gasteiger partial charge in [0.05, 0.1) is 17.2 Å². The highest BCUT2D eigenvalue weighted by atomic mass is 32.2. The van der Waals surface area contributed by atoms with Gasteiger partial charge in [-0.05, 0) is 18.2 Å². The molecule has 0 saturated carbocycles. The van der Waals surface area contributed by atoms with Crippen LogP contribution < -0.4 is 0 Å². The third-order valence-corrected chi connectivity index (χ3v) is 3.39. The van der Waals surface area contributed by atoms with Gasteiger partial charge in [0.1, 0.15) is 5.82 Å². The number of halogens is 6. The van der Waals surface area contributed by atoms with Gasteiger partial charge in [0.2, 0.25) is 0 Å². The van der Waals surface area contributed by atoms with Crippen LogP contribution in [0.2, 0.25) is 0 Å². The van der Waals surface area contributed by atoms with E-state index >= 15 is 0 Å². The Morgan fingerprint density at radius 1 is 1.25 bits per heavy atom. The van der Waals surface area contributed by atoms with Crippen LogP contribution in [-0.2, 0) is 14.9 Å². The Kier molecular flexibility index (Phi) is 5.16. The van der Waals surface area contributed by atoms with E-state index in [0.717, 1.165) is 6.07 Å². The summed E-state index contributed by atoms with van der Waals surface area (Å²) in [6, 6.07) is 3.12. The summed E-state index contributed by atoms with van der Waals surface area (Å²) >= 11 is 0. The summed E-state index contributed by atoms with van der Waals surface area (Å²) in [7, 11) is -6.60. The molecule has 0 aliphatic heterocycles. The van der Waals surface area contributed by atoms with Crippen LogP contribution in [0.3, 0.4) is 0 Å². The highest BCUT2D eigenvalue weighted by Gasteiger charge is 2.66. The van der Waals surface area contributed by atoms with Crippen molar-refractivity contribution in [3.05, 3.63) is 35.1 Å². The molecular weight excluding hydrogens is 372 g/mol. The van der Waals surface area contributed by atoms with Gasteiger partial charge in [0.25, 0.3) is 6.10 Å².